The lowest BCUT2D eigenvalue weighted by Crippen LogP contribution is -2.42. The molecule has 4 nitrogen and oxygen atoms in total. The molecular weight excluding hydrogens is 178 g/mol. The van der Waals surface area contributed by atoms with Gasteiger partial charge >= 0.3 is 0 Å². The number of carbonyl (C=O) groups is 1. The molecule has 0 aromatic rings. The highest BCUT2D eigenvalue weighted by atomic mass is 16.2. The Morgan fingerprint density at radius 3 is 2.50 bits per heavy atom. The number of hydrogen-bond donors (Lipinski definition) is 1. The van der Waals surface area contributed by atoms with Crippen molar-refractivity contribution in [3.63, 3.8) is 0 Å². The van der Waals surface area contributed by atoms with Gasteiger partial charge in [0.1, 0.15) is 0 Å². The molecule has 0 saturated carbocycles. The second kappa shape index (κ2) is 6.39. The first kappa shape index (κ1) is 12.9. The summed E-state index contributed by atoms with van der Waals surface area (Å²) in [7, 11) is 0. The van der Waals surface area contributed by atoms with Gasteiger partial charge < -0.3 is 10.6 Å². The molecule has 0 bridgehead atoms. The normalized spacial score (nSPS) is 14.2. The fraction of sp³-hybridized carbons (Fsp3) is 0.800. The number of nitrogens with zero attached hydrogens (tertiary/aromatic N) is 2. The molecular formula is C10H19N3O. The van der Waals surface area contributed by atoms with E-state index in [0.29, 0.717) is 19.5 Å². The SMILES string of the molecule is CCN(CCC#N)C(=O)C(C)C(C)N. The van der Waals surface area contributed by atoms with Crippen LogP contribution in [0.3, 0.4) is 0 Å². The number of carbonyl (C=O) groups excluding carboxylic acids is 1. The van der Waals surface area contributed by atoms with E-state index in [1.807, 2.05) is 26.8 Å². The number of hydrogen-bond acceptors (Lipinski definition) is 3. The maximum atomic E-state index is 11.8. The molecule has 0 aliphatic carbocycles. The molecule has 0 aliphatic rings. The van der Waals surface area contributed by atoms with E-state index in [-0.39, 0.29) is 17.9 Å². The van der Waals surface area contributed by atoms with Crippen LogP contribution in [0.5, 0.6) is 0 Å². The van der Waals surface area contributed by atoms with Gasteiger partial charge in [0.15, 0.2) is 0 Å². The van der Waals surface area contributed by atoms with Crippen molar-refractivity contribution in [1.82, 2.24) is 4.90 Å². The van der Waals surface area contributed by atoms with Crippen LogP contribution in [0.15, 0.2) is 0 Å². The second-order valence-corrected chi connectivity index (χ2v) is 3.47. The van der Waals surface area contributed by atoms with Gasteiger partial charge in [-0.2, -0.15) is 5.26 Å². The number of nitrogens with two attached hydrogens (primary N) is 1. The van der Waals surface area contributed by atoms with Crippen LogP contribution >= 0.6 is 0 Å². The summed E-state index contributed by atoms with van der Waals surface area (Å²) < 4.78 is 0. The fourth-order valence-corrected chi connectivity index (χ4v) is 1.12. The van der Waals surface area contributed by atoms with E-state index in [9.17, 15) is 4.79 Å². The zero-order valence-electron chi connectivity index (χ0n) is 9.16. The van der Waals surface area contributed by atoms with Crippen molar-refractivity contribution in [1.29, 1.82) is 5.26 Å². The van der Waals surface area contributed by atoms with Gasteiger partial charge in [-0.1, -0.05) is 6.92 Å². The Labute approximate surface area is 85.7 Å². The third-order valence-corrected chi connectivity index (χ3v) is 2.37. The largest absolute Gasteiger partial charge is 0.342 e. The molecule has 0 fully saturated rings. The van der Waals surface area contributed by atoms with E-state index in [4.69, 9.17) is 11.0 Å². The predicted octanol–water partition coefficient (Wildman–Crippen LogP) is 0.732. The lowest BCUT2D eigenvalue weighted by atomic mass is 10.0. The Morgan fingerprint density at radius 2 is 2.14 bits per heavy atom. The maximum Gasteiger partial charge on any atom is 0.226 e. The van der Waals surface area contributed by atoms with Gasteiger partial charge in [-0.3, -0.25) is 4.79 Å². The molecule has 0 saturated heterocycles. The van der Waals surface area contributed by atoms with Gasteiger partial charge in [0, 0.05) is 19.1 Å². The molecule has 14 heavy (non-hydrogen) atoms. The summed E-state index contributed by atoms with van der Waals surface area (Å²) in [5.41, 5.74) is 5.65. The van der Waals surface area contributed by atoms with Gasteiger partial charge in [-0.25, -0.2) is 0 Å². The number of rotatable bonds is 5. The monoisotopic (exact) mass is 197 g/mol. The van der Waals surface area contributed by atoms with Gasteiger partial charge in [-0.05, 0) is 13.8 Å². The van der Waals surface area contributed by atoms with E-state index in [1.165, 1.54) is 0 Å². The number of amides is 1. The summed E-state index contributed by atoms with van der Waals surface area (Å²) in [5, 5.41) is 8.43. The van der Waals surface area contributed by atoms with E-state index >= 15 is 0 Å². The molecule has 2 atom stereocenters. The van der Waals surface area contributed by atoms with Gasteiger partial charge in [0.25, 0.3) is 0 Å². The van der Waals surface area contributed by atoms with Crippen LogP contribution in [0.1, 0.15) is 27.2 Å². The molecule has 0 heterocycles. The van der Waals surface area contributed by atoms with Crippen LogP contribution in [0, 0.1) is 17.2 Å². The average Bonchev–Trinajstić information content (AvgIpc) is 2.17. The topological polar surface area (TPSA) is 70.1 Å². The van der Waals surface area contributed by atoms with Crippen molar-refractivity contribution >= 4 is 5.91 Å². The highest BCUT2D eigenvalue weighted by Crippen LogP contribution is 2.06. The second-order valence-electron chi connectivity index (χ2n) is 3.47. The van der Waals surface area contributed by atoms with Crippen LogP contribution in [0.4, 0.5) is 0 Å². The van der Waals surface area contributed by atoms with Gasteiger partial charge in [0.2, 0.25) is 5.91 Å². The highest BCUT2D eigenvalue weighted by Gasteiger charge is 2.21. The van der Waals surface area contributed by atoms with Crippen LogP contribution in [-0.4, -0.2) is 29.9 Å². The minimum Gasteiger partial charge on any atom is -0.342 e. The van der Waals surface area contributed by atoms with E-state index in [0.717, 1.165) is 0 Å². The van der Waals surface area contributed by atoms with E-state index < -0.39 is 0 Å². The summed E-state index contributed by atoms with van der Waals surface area (Å²) in [6.07, 6.45) is 0.380. The molecule has 0 aliphatic heterocycles. The van der Waals surface area contributed by atoms with Crippen molar-refractivity contribution in [2.45, 2.75) is 33.2 Å². The summed E-state index contributed by atoms with van der Waals surface area (Å²) in [5.74, 6) is -0.133. The highest BCUT2D eigenvalue weighted by molar-refractivity contribution is 5.79. The molecule has 0 aromatic carbocycles. The minimum absolute atomic E-state index is 0.0396. The van der Waals surface area contributed by atoms with Crippen LogP contribution in [0.2, 0.25) is 0 Å². The fourth-order valence-electron chi connectivity index (χ4n) is 1.12. The van der Waals surface area contributed by atoms with E-state index in [2.05, 4.69) is 0 Å². The maximum absolute atomic E-state index is 11.8. The minimum atomic E-state index is -0.173. The molecule has 2 unspecified atom stereocenters. The first-order valence-electron chi connectivity index (χ1n) is 4.95. The summed E-state index contributed by atoms with van der Waals surface area (Å²) >= 11 is 0. The summed E-state index contributed by atoms with van der Waals surface area (Å²) in [4.78, 5) is 13.4. The zero-order valence-corrected chi connectivity index (χ0v) is 9.16. The van der Waals surface area contributed by atoms with Crippen molar-refractivity contribution in [2.24, 2.45) is 11.7 Å². The Kier molecular flexibility index (Phi) is 5.89. The Balaban J connectivity index is 4.24. The molecule has 0 spiro atoms. The van der Waals surface area contributed by atoms with Crippen molar-refractivity contribution in [3.05, 3.63) is 0 Å². The predicted molar refractivity (Wildman–Crippen MR) is 55.3 cm³/mol. The molecule has 1 amide bonds. The van der Waals surface area contributed by atoms with Crippen LogP contribution in [0.25, 0.3) is 0 Å². The molecule has 4 heteroatoms. The Hall–Kier alpha value is -1.08. The first-order chi connectivity index (χ1) is 6.54. The lowest BCUT2D eigenvalue weighted by molar-refractivity contribution is -0.135. The lowest BCUT2D eigenvalue weighted by Gasteiger charge is -2.25. The molecule has 0 aromatic heterocycles. The van der Waals surface area contributed by atoms with Gasteiger partial charge in [-0.15, -0.1) is 0 Å². The third-order valence-electron chi connectivity index (χ3n) is 2.37. The molecule has 2 N–H and O–H groups in total. The van der Waals surface area contributed by atoms with Gasteiger partial charge in [0.05, 0.1) is 18.4 Å². The van der Waals surface area contributed by atoms with Crippen LogP contribution < -0.4 is 5.73 Å². The van der Waals surface area contributed by atoms with Crippen molar-refractivity contribution in [3.8, 4) is 6.07 Å². The molecule has 0 radical (unpaired) electrons. The number of nitriles is 1. The molecule has 80 valence electrons. The quantitative estimate of drug-likeness (QED) is 0.706. The van der Waals surface area contributed by atoms with Crippen molar-refractivity contribution < 1.29 is 4.79 Å². The zero-order chi connectivity index (χ0) is 11.1. The smallest absolute Gasteiger partial charge is 0.226 e. The average molecular weight is 197 g/mol. The standard InChI is InChI=1S/C10H19N3O/c1-4-13(7-5-6-11)10(14)8(2)9(3)12/h8-9H,4-5,7,12H2,1-3H3. The Bertz CT molecular complexity index is 220. The third kappa shape index (κ3) is 3.75. The summed E-state index contributed by atoms with van der Waals surface area (Å²) in [6.45, 7) is 6.69. The Morgan fingerprint density at radius 1 is 1.57 bits per heavy atom. The van der Waals surface area contributed by atoms with E-state index in [1.54, 1.807) is 4.90 Å². The first-order valence-corrected chi connectivity index (χ1v) is 4.95. The van der Waals surface area contributed by atoms with Crippen LogP contribution in [-0.2, 0) is 4.79 Å². The summed E-state index contributed by atoms with van der Waals surface area (Å²) in [6, 6.07) is 1.89. The van der Waals surface area contributed by atoms with Crippen molar-refractivity contribution in [2.75, 3.05) is 13.1 Å². The molecule has 0 rings (SSSR count).